The molecule has 0 saturated carbocycles. The van der Waals surface area contributed by atoms with Crippen molar-refractivity contribution in [2.75, 3.05) is 13.1 Å². The van der Waals surface area contributed by atoms with Gasteiger partial charge in [0.1, 0.15) is 5.76 Å². The summed E-state index contributed by atoms with van der Waals surface area (Å²) in [5, 5.41) is 0. The molecule has 0 unspecified atom stereocenters. The number of carbonyl (C=O) groups excluding carboxylic acids is 1. The van der Waals surface area contributed by atoms with Gasteiger partial charge in [-0.2, -0.15) is 0 Å². The molecule has 0 N–H and O–H groups in total. The van der Waals surface area contributed by atoms with Crippen molar-refractivity contribution in [1.29, 1.82) is 0 Å². The highest BCUT2D eigenvalue weighted by Gasteiger charge is 2.21. The topological polar surface area (TPSA) is 33.5 Å². The third-order valence-corrected chi connectivity index (χ3v) is 4.01. The Morgan fingerprint density at radius 1 is 1.15 bits per heavy atom. The van der Waals surface area contributed by atoms with Crippen LogP contribution < -0.4 is 0 Å². The molecule has 1 aromatic heterocycles. The van der Waals surface area contributed by atoms with E-state index in [0.29, 0.717) is 0 Å². The Kier molecular flexibility index (Phi) is 3.59. The van der Waals surface area contributed by atoms with Gasteiger partial charge in [0, 0.05) is 24.2 Å². The largest absolute Gasteiger partial charge is 0.464 e. The van der Waals surface area contributed by atoms with Crippen LogP contribution in [0.25, 0.3) is 11.3 Å². The first-order chi connectivity index (χ1) is 9.74. The van der Waals surface area contributed by atoms with Gasteiger partial charge >= 0.3 is 0 Å². The van der Waals surface area contributed by atoms with Gasteiger partial charge in [0.05, 0.1) is 6.26 Å². The van der Waals surface area contributed by atoms with Crippen LogP contribution in [0.1, 0.15) is 30.1 Å². The normalized spacial score (nSPS) is 16.4. The van der Waals surface area contributed by atoms with E-state index in [1.807, 2.05) is 41.3 Å². The third-order valence-electron chi connectivity index (χ3n) is 4.01. The van der Waals surface area contributed by atoms with Crippen LogP contribution in [0.15, 0.2) is 47.1 Å². The minimum absolute atomic E-state index is 0.142. The average molecular weight is 269 g/mol. The molecule has 3 heteroatoms. The highest BCUT2D eigenvalue weighted by Crippen LogP contribution is 2.22. The summed E-state index contributed by atoms with van der Waals surface area (Å²) >= 11 is 0. The first-order valence-electron chi connectivity index (χ1n) is 7.17. The minimum Gasteiger partial charge on any atom is -0.464 e. The summed E-state index contributed by atoms with van der Waals surface area (Å²) in [5.41, 5.74) is 1.76. The molecule has 1 aromatic carbocycles. The molecule has 0 spiro atoms. The lowest BCUT2D eigenvalue weighted by Crippen LogP contribution is -2.37. The Morgan fingerprint density at radius 3 is 2.45 bits per heavy atom. The lowest BCUT2D eigenvalue weighted by atomic mass is 9.98. The fraction of sp³-hybridized carbons (Fsp3) is 0.353. The van der Waals surface area contributed by atoms with E-state index in [1.54, 1.807) is 6.26 Å². The van der Waals surface area contributed by atoms with E-state index in [4.69, 9.17) is 4.42 Å². The molecule has 0 atom stereocenters. The molecule has 1 saturated heterocycles. The van der Waals surface area contributed by atoms with Crippen LogP contribution in [0.5, 0.6) is 0 Å². The Bertz CT molecular complexity index is 564. The number of hydrogen-bond donors (Lipinski definition) is 0. The van der Waals surface area contributed by atoms with E-state index < -0.39 is 0 Å². The van der Waals surface area contributed by atoms with E-state index in [-0.39, 0.29) is 5.91 Å². The van der Waals surface area contributed by atoms with Crippen LogP contribution >= 0.6 is 0 Å². The molecular weight excluding hydrogens is 250 g/mol. The summed E-state index contributed by atoms with van der Waals surface area (Å²) in [7, 11) is 0. The fourth-order valence-corrected chi connectivity index (χ4v) is 2.61. The number of hydrogen-bond acceptors (Lipinski definition) is 2. The molecule has 1 amide bonds. The van der Waals surface area contributed by atoms with Crippen molar-refractivity contribution in [1.82, 2.24) is 4.90 Å². The molecule has 3 rings (SSSR count). The lowest BCUT2D eigenvalue weighted by molar-refractivity contribution is 0.0697. The Balaban J connectivity index is 1.73. The first kappa shape index (κ1) is 13.0. The number of likely N-dealkylation sites (tertiary alicyclic amines) is 1. The maximum atomic E-state index is 12.4. The van der Waals surface area contributed by atoms with Crippen LogP contribution in [0, 0.1) is 5.92 Å². The van der Waals surface area contributed by atoms with Crippen LogP contribution in [0.4, 0.5) is 0 Å². The van der Waals surface area contributed by atoms with Gasteiger partial charge in [-0.15, -0.1) is 0 Å². The van der Waals surface area contributed by atoms with Crippen molar-refractivity contribution < 1.29 is 9.21 Å². The van der Waals surface area contributed by atoms with Crippen molar-refractivity contribution in [2.24, 2.45) is 5.92 Å². The summed E-state index contributed by atoms with van der Waals surface area (Å²) in [6, 6.07) is 11.4. The highest BCUT2D eigenvalue weighted by molar-refractivity contribution is 5.94. The zero-order valence-corrected chi connectivity index (χ0v) is 11.7. The second-order valence-corrected chi connectivity index (χ2v) is 5.53. The predicted octanol–water partition coefficient (Wildman–Crippen LogP) is 3.82. The third kappa shape index (κ3) is 2.62. The number of piperidine rings is 1. The molecule has 1 aliphatic heterocycles. The number of benzene rings is 1. The van der Waals surface area contributed by atoms with Crippen LogP contribution in [-0.2, 0) is 0 Å². The second kappa shape index (κ2) is 5.53. The van der Waals surface area contributed by atoms with E-state index in [0.717, 1.165) is 48.7 Å². The monoisotopic (exact) mass is 269 g/mol. The summed E-state index contributed by atoms with van der Waals surface area (Å²) in [5.74, 6) is 1.71. The van der Waals surface area contributed by atoms with Crippen molar-refractivity contribution >= 4 is 5.91 Å². The van der Waals surface area contributed by atoms with E-state index in [2.05, 4.69) is 6.92 Å². The molecule has 0 aliphatic carbocycles. The van der Waals surface area contributed by atoms with Crippen LogP contribution in [0.3, 0.4) is 0 Å². The fourth-order valence-electron chi connectivity index (χ4n) is 2.61. The molecule has 0 radical (unpaired) electrons. The number of carbonyl (C=O) groups is 1. The molecule has 0 bridgehead atoms. The predicted molar refractivity (Wildman–Crippen MR) is 78.4 cm³/mol. The van der Waals surface area contributed by atoms with E-state index in [1.165, 1.54) is 0 Å². The van der Waals surface area contributed by atoms with Crippen molar-refractivity contribution in [3.63, 3.8) is 0 Å². The summed E-state index contributed by atoms with van der Waals surface area (Å²) in [6.07, 6.45) is 3.87. The van der Waals surface area contributed by atoms with Gasteiger partial charge in [0.2, 0.25) is 0 Å². The molecule has 2 heterocycles. The summed E-state index contributed by atoms with van der Waals surface area (Å²) in [6.45, 7) is 4.00. The van der Waals surface area contributed by atoms with E-state index in [9.17, 15) is 4.79 Å². The quantitative estimate of drug-likeness (QED) is 0.830. The Hall–Kier alpha value is -2.03. The van der Waals surface area contributed by atoms with E-state index >= 15 is 0 Å². The molecule has 1 aliphatic rings. The molecule has 2 aromatic rings. The van der Waals surface area contributed by atoms with Crippen molar-refractivity contribution in [3.8, 4) is 11.3 Å². The van der Waals surface area contributed by atoms with Gasteiger partial charge < -0.3 is 9.32 Å². The SMILES string of the molecule is CC1CCN(C(=O)c2ccc(-c3ccco3)cc2)CC1. The van der Waals surface area contributed by atoms with Gasteiger partial charge in [0.25, 0.3) is 5.91 Å². The standard InChI is InChI=1S/C17H19NO2/c1-13-8-10-18(11-9-13)17(19)15-6-4-14(5-7-15)16-3-2-12-20-16/h2-7,12-13H,8-11H2,1H3. The number of amides is 1. The average Bonchev–Trinajstić information content (AvgIpc) is 3.02. The van der Waals surface area contributed by atoms with Gasteiger partial charge in [-0.3, -0.25) is 4.79 Å². The Labute approximate surface area is 119 Å². The number of rotatable bonds is 2. The molecular formula is C17H19NO2. The molecule has 1 fully saturated rings. The van der Waals surface area contributed by atoms with Gasteiger partial charge in [-0.1, -0.05) is 19.1 Å². The van der Waals surface area contributed by atoms with Gasteiger partial charge in [0.15, 0.2) is 0 Å². The summed E-state index contributed by atoms with van der Waals surface area (Å²) in [4.78, 5) is 14.4. The lowest BCUT2D eigenvalue weighted by Gasteiger charge is -2.30. The zero-order chi connectivity index (χ0) is 13.9. The highest BCUT2D eigenvalue weighted by atomic mass is 16.3. The first-order valence-corrected chi connectivity index (χ1v) is 7.17. The maximum absolute atomic E-state index is 12.4. The van der Waals surface area contributed by atoms with Crippen LogP contribution in [-0.4, -0.2) is 23.9 Å². The molecule has 20 heavy (non-hydrogen) atoms. The number of nitrogens with zero attached hydrogens (tertiary/aromatic N) is 1. The number of furan rings is 1. The summed E-state index contributed by atoms with van der Waals surface area (Å²) < 4.78 is 5.35. The molecule has 3 nitrogen and oxygen atoms in total. The Morgan fingerprint density at radius 2 is 1.85 bits per heavy atom. The minimum atomic E-state index is 0.142. The van der Waals surface area contributed by atoms with Crippen molar-refractivity contribution in [2.45, 2.75) is 19.8 Å². The van der Waals surface area contributed by atoms with Gasteiger partial charge in [-0.05, 0) is 43.0 Å². The smallest absolute Gasteiger partial charge is 0.253 e. The maximum Gasteiger partial charge on any atom is 0.253 e. The zero-order valence-electron chi connectivity index (χ0n) is 11.7. The van der Waals surface area contributed by atoms with Crippen molar-refractivity contribution in [3.05, 3.63) is 48.2 Å². The second-order valence-electron chi connectivity index (χ2n) is 5.53. The van der Waals surface area contributed by atoms with Crippen LogP contribution in [0.2, 0.25) is 0 Å². The van der Waals surface area contributed by atoms with Gasteiger partial charge in [-0.25, -0.2) is 0 Å². The molecule has 104 valence electrons.